The van der Waals surface area contributed by atoms with Gasteiger partial charge in [0.25, 0.3) is 0 Å². The normalized spacial score (nSPS) is 11.5. The molecule has 2 N–H and O–H groups in total. The number of aromatic nitrogens is 3. The molecule has 0 bridgehead atoms. The average Bonchev–Trinajstić information content (AvgIpc) is 2.81. The number of amides is 1. The molecule has 0 fully saturated rings. The minimum atomic E-state index is -0.126. The third-order valence-corrected chi connectivity index (χ3v) is 2.86. The summed E-state index contributed by atoms with van der Waals surface area (Å²) in [6.07, 6.45) is 5.34. The number of carbonyl (C=O) groups is 1. The van der Waals surface area contributed by atoms with Gasteiger partial charge in [0.2, 0.25) is 5.91 Å². The molecule has 1 aromatic heterocycles. The van der Waals surface area contributed by atoms with E-state index in [1.54, 1.807) is 10.9 Å². The fourth-order valence-electron chi connectivity index (χ4n) is 1.43. The van der Waals surface area contributed by atoms with Crippen molar-refractivity contribution in [3.05, 3.63) is 12.4 Å². The van der Waals surface area contributed by atoms with Gasteiger partial charge in [0.15, 0.2) is 0 Å². The lowest BCUT2D eigenvalue weighted by atomic mass is 10.0. The summed E-state index contributed by atoms with van der Waals surface area (Å²) in [6.45, 7) is 8.08. The summed E-state index contributed by atoms with van der Waals surface area (Å²) in [6, 6.07) is 0. The standard InChI is InChI=1S/C12H23N5O/c1-4-12(2,3)15-11(18)10-13-6-5-8-17-9-7-14-16-17/h7,9,13H,4-6,8,10H2,1-3H3,(H,15,18). The molecule has 0 aliphatic heterocycles. The molecule has 0 aliphatic carbocycles. The van der Waals surface area contributed by atoms with E-state index < -0.39 is 0 Å². The lowest BCUT2D eigenvalue weighted by molar-refractivity contribution is -0.121. The first-order valence-corrected chi connectivity index (χ1v) is 6.39. The van der Waals surface area contributed by atoms with Gasteiger partial charge in [-0.05, 0) is 33.2 Å². The Labute approximate surface area is 108 Å². The van der Waals surface area contributed by atoms with E-state index in [0.29, 0.717) is 6.54 Å². The number of aryl methyl sites for hydroxylation is 1. The first-order chi connectivity index (χ1) is 8.53. The van der Waals surface area contributed by atoms with Crippen LogP contribution in [0.2, 0.25) is 0 Å². The van der Waals surface area contributed by atoms with Crippen LogP contribution in [0.4, 0.5) is 0 Å². The van der Waals surface area contributed by atoms with Crippen molar-refractivity contribution in [2.24, 2.45) is 0 Å². The molecule has 0 spiro atoms. The van der Waals surface area contributed by atoms with E-state index >= 15 is 0 Å². The lowest BCUT2D eigenvalue weighted by Crippen LogP contribution is -2.46. The Balaban J connectivity index is 2.05. The molecule has 0 aliphatic rings. The van der Waals surface area contributed by atoms with Gasteiger partial charge in [0.1, 0.15) is 0 Å². The number of rotatable bonds is 8. The number of hydrogen-bond donors (Lipinski definition) is 2. The average molecular weight is 253 g/mol. The van der Waals surface area contributed by atoms with Crippen molar-refractivity contribution in [1.82, 2.24) is 25.6 Å². The molecular formula is C12H23N5O. The third kappa shape index (κ3) is 5.77. The van der Waals surface area contributed by atoms with Crippen molar-refractivity contribution < 1.29 is 4.79 Å². The van der Waals surface area contributed by atoms with Gasteiger partial charge in [-0.15, -0.1) is 5.10 Å². The van der Waals surface area contributed by atoms with E-state index in [4.69, 9.17) is 0 Å². The molecular weight excluding hydrogens is 230 g/mol. The maximum absolute atomic E-state index is 11.6. The second-order valence-corrected chi connectivity index (χ2v) is 4.98. The Bertz CT molecular complexity index is 347. The van der Waals surface area contributed by atoms with Gasteiger partial charge >= 0.3 is 0 Å². The van der Waals surface area contributed by atoms with Gasteiger partial charge < -0.3 is 10.6 Å². The van der Waals surface area contributed by atoms with Crippen LogP contribution in [0.25, 0.3) is 0 Å². The van der Waals surface area contributed by atoms with Crippen molar-refractivity contribution >= 4 is 5.91 Å². The Morgan fingerprint density at radius 1 is 1.44 bits per heavy atom. The molecule has 1 aromatic rings. The van der Waals surface area contributed by atoms with E-state index in [1.807, 2.05) is 20.0 Å². The van der Waals surface area contributed by atoms with Gasteiger partial charge in [0.05, 0.1) is 12.7 Å². The molecule has 0 radical (unpaired) electrons. The molecule has 0 unspecified atom stereocenters. The molecule has 0 aromatic carbocycles. The molecule has 6 nitrogen and oxygen atoms in total. The fourth-order valence-corrected chi connectivity index (χ4v) is 1.43. The number of nitrogens with one attached hydrogen (secondary N) is 2. The van der Waals surface area contributed by atoms with Gasteiger partial charge in [-0.1, -0.05) is 12.1 Å². The van der Waals surface area contributed by atoms with Crippen molar-refractivity contribution in [3.63, 3.8) is 0 Å². The lowest BCUT2D eigenvalue weighted by Gasteiger charge is -2.24. The summed E-state index contributed by atoms with van der Waals surface area (Å²) in [7, 11) is 0. The van der Waals surface area contributed by atoms with Crippen LogP contribution in [0.3, 0.4) is 0 Å². The van der Waals surface area contributed by atoms with Crippen LogP contribution in [-0.2, 0) is 11.3 Å². The quantitative estimate of drug-likeness (QED) is 0.664. The van der Waals surface area contributed by atoms with Crippen molar-refractivity contribution in [1.29, 1.82) is 0 Å². The van der Waals surface area contributed by atoms with E-state index in [0.717, 1.165) is 25.9 Å². The Morgan fingerprint density at radius 2 is 2.22 bits per heavy atom. The van der Waals surface area contributed by atoms with Crippen molar-refractivity contribution in [3.8, 4) is 0 Å². The molecule has 0 saturated heterocycles. The zero-order valence-corrected chi connectivity index (χ0v) is 11.4. The maximum Gasteiger partial charge on any atom is 0.234 e. The molecule has 6 heteroatoms. The molecule has 1 rings (SSSR count). The monoisotopic (exact) mass is 253 g/mol. The minimum Gasteiger partial charge on any atom is -0.350 e. The molecule has 1 heterocycles. The Hall–Kier alpha value is -1.43. The minimum absolute atomic E-state index is 0.0441. The summed E-state index contributed by atoms with van der Waals surface area (Å²) in [5, 5.41) is 13.7. The summed E-state index contributed by atoms with van der Waals surface area (Å²) in [5.74, 6) is 0.0441. The van der Waals surface area contributed by atoms with Gasteiger partial charge in [-0.25, -0.2) is 0 Å². The van der Waals surface area contributed by atoms with E-state index in [1.165, 1.54) is 0 Å². The van der Waals surface area contributed by atoms with Crippen LogP contribution in [0.1, 0.15) is 33.6 Å². The molecule has 102 valence electrons. The molecule has 0 atom stereocenters. The van der Waals surface area contributed by atoms with Crippen LogP contribution in [0.15, 0.2) is 12.4 Å². The van der Waals surface area contributed by atoms with E-state index in [2.05, 4.69) is 27.9 Å². The smallest absolute Gasteiger partial charge is 0.234 e. The number of nitrogens with zero attached hydrogens (tertiary/aromatic N) is 3. The second-order valence-electron chi connectivity index (χ2n) is 4.98. The van der Waals surface area contributed by atoms with Gasteiger partial charge in [0, 0.05) is 18.3 Å². The summed E-state index contributed by atoms with van der Waals surface area (Å²) in [5.41, 5.74) is -0.126. The number of carbonyl (C=O) groups excluding carboxylic acids is 1. The Kier molecular flexibility index (Phi) is 5.77. The highest BCUT2D eigenvalue weighted by atomic mass is 16.2. The predicted molar refractivity (Wildman–Crippen MR) is 70.0 cm³/mol. The molecule has 18 heavy (non-hydrogen) atoms. The third-order valence-electron chi connectivity index (χ3n) is 2.86. The first-order valence-electron chi connectivity index (χ1n) is 6.39. The van der Waals surface area contributed by atoms with Crippen molar-refractivity contribution in [2.45, 2.75) is 45.7 Å². The van der Waals surface area contributed by atoms with Gasteiger partial charge in [-0.3, -0.25) is 9.48 Å². The highest BCUT2D eigenvalue weighted by Crippen LogP contribution is 2.05. The number of hydrogen-bond acceptors (Lipinski definition) is 4. The second kappa shape index (κ2) is 7.10. The largest absolute Gasteiger partial charge is 0.350 e. The maximum atomic E-state index is 11.6. The highest BCUT2D eigenvalue weighted by molar-refractivity contribution is 5.78. The summed E-state index contributed by atoms with van der Waals surface area (Å²) < 4.78 is 1.78. The van der Waals surface area contributed by atoms with Gasteiger partial charge in [-0.2, -0.15) is 0 Å². The predicted octanol–water partition coefficient (Wildman–Crippen LogP) is 0.563. The van der Waals surface area contributed by atoms with Crippen LogP contribution in [0.5, 0.6) is 0 Å². The molecule has 1 amide bonds. The molecule has 0 saturated carbocycles. The summed E-state index contributed by atoms with van der Waals surface area (Å²) >= 11 is 0. The summed E-state index contributed by atoms with van der Waals surface area (Å²) in [4.78, 5) is 11.6. The van der Waals surface area contributed by atoms with E-state index in [-0.39, 0.29) is 11.4 Å². The fraction of sp³-hybridized carbons (Fsp3) is 0.750. The Morgan fingerprint density at radius 3 is 2.83 bits per heavy atom. The van der Waals surface area contributed by atoms with Crippen LogP contribution in [0, 0.1) is 0 Å². The van der Waals surface area contributed by atoms with Crippen LogP contribution >= 0.6 is 0 Å². The van der Waals surface area contributed by atoms with Crippen LogP contribution < -0.4 is 10.6 Å². The topological polar surface area (TPSA) is 71.8 Å². The zero-order chi connectivity index (χ0) is 13.4. The zero-order valence-electron chi connectivity index (χ0n) is 11.4. The highest BCUT2D eigenvalue weighted by Gasteiger charge is 2.16. The van der Waals surface area contributed by atoms with Crippen molar-refractivity contribution in [2.75, 3.05) is 13.1 Å². The van der Waals surface area contributed by atoms with Crippen LogP contribution in [-0.4, -0.2) is 39.5 Å². The first kappa shape index (κ1) is 14.6. The van der Waals surface area contributed by atoms with E-state index in [9.17, 15) is 4.79 Å². The SMILES string of the molecule is CCC(C)(C)NC(=O)CNCCCn1ccnn1.